The first-order chi connectivity index (χ1) is 10.7. The average Bonchev–Trinajstić information content (AvgIpc) is 3.24. The van der Waals surface area contributed by atoms with E-state index in [0.29, 0.717) is 22.8 Å². The first-order valence-corrected chi connectivity index (χ1v) is 7.26. The van der Waals surface area contributed by atoms with Gasteiger partial charge in [-0.25, -0.2) is 4.98 Å². The van der Waals surface area contributed by atoms with Gasteiger partial charge in [0.15, 0.2) is 16.5 Å². The van der Waals surface area contributed by atoms with Crippen LogP contribution in [0.2, 0.25) is 0 Å². The number of nitrogens with zero attached hydrogens (tertiary/aromatic N) is 2. The quantitative estimate of drug-likeness (QED) is 0.403. The normalized spacial score (nSPS) is 11.1. The van der Waals surface area contributed by atoms with Crippen molar-refractivity contribution in [3.8, 4) is 22.2 Å². The summed E-state index contributed by atoms with van der Waals surface area (Å²) >= 11 is 1.45. The Bertz CT molecular complexity index is 969. The number of benzene rings is 1. The molecule has 0 saturated carbocycles. The van der Waals surface area contributed by atoms with Crippen molar-refractivity contribution in [2.45, 2.75) is 0 Å². The van der Waals surface area contributed by atoms with Crippen LogP contribution in [-0.2, 0) is 0 Å². The Labute approximate surface area is 127 Å². The summed E-state index contributed by atoms with van der Waals surface area (Å²) in [5.74, 6) is 1.27. The molecule has 0 atom stereocenters. The molecule has 7 heteroatoms. The number of furan rings is 2. The highest BCUT2D eigenvalue weighted by Gasteiger charge is 2.14. The van der Waals surface area contributed by atoms with E-state index in [2.05, 4.69) is 4.98 Å². The molecule has 3 heterocycles. The van der Waals surface area contributed by atoms with Gasteiger partial charge in [-0.3, -0.25) is 10.1 Å². The number of fused-ring (bicyclic) bond motifs is 1. The standard InChI is InChI=1S/C15H8N2O4S/c18-17(19)10-4-3-9-6-14(21-13(9)7-10)11-8-22-15(16-11)12-2-1-5-20-12/h1-8H. The molecule has 1 aromatic carbocycles. The molecular weight excluding hydrogens is 304 g/mol. The van der Waals surface area contributed by atoms with Crippen molar-refractivity contribution in [2.24, 2.45) is 0 Å². The van der Waals surface area contributed by atoms with Gasteiger partial charge in [-0.15, -0.1) is 11.3 Å². The molecule has 6 nitrogen and oxygen atoms in total. The molecule has 22 heavy (non-hydrogen) atoms. The van der Waals surface area contributed by atoms with Crippen molar-refractivity contribution in [2.75, 3.05) is 0 Å². The number of nitro groups is 1. The van der Waals surface area contributed by atoms with E-state index in [1.165, 1.54) is 23.5 Å². The molecule has 108 valence electrons. The number of non-ortho nitro benzene ring substituents is 1. The van der Waals surface area contributed by atoms with Crippen molar-refractivity contribution in [1.82, 2.24) is 4.98 Å². The van der Waals surface area contributed by atoms with E-state index in [0.717, 1.165) is 10.4 Å². The van der Waals surface area contributed by atoms with Crippen LogP contribution in [0.25, 0.3) is 33.2 Å². The zero-order valence-electron chi connectivity index (χ0n) is 11.1. The highest BCUT2D eigenvalue weighted by molar-refractivity contribution is 7.13. The lowest BCUT2D eigenvalue weighted by atomic mass is 10.2. The Morgan fingerprint density at radius 3 is 2.86 bits per heavy atom. The van der Waals surface area contributed by atoms with Gasteiger partial charge in [0.25, 0.3) is 5.69 Å². The second-order valence-corrected chi connectivity index (χ2v) is 5.46. The molecule has 0 amide bonds. The summed E-state index contributed by atoms with van der Waals surface area (Å²) in [6.45, 7) is 0. The SMILES string of the molecule is O=[N+]([O-])c1ccc2cc(-c3csc(-c4ccco4)n3)oc2c1. The number of aromatic nitrogens is 1. The van der Waals surface area contributed by atoms with Gasteiger partial charge in [-0.05, 0) is 24.3 Å². The summed E-state index contributed by atoms with van der Waals surface area (Å²) in [5, 5.41) is 14.2. The van der Waals surface area contributed by atoms with Crippen LogP contribution in [0, 0.1) is 10.1 Å². The van der Waals surface area contributed by atoms with Crippen LogP contribution in [0.1, 0.15) is 0 Å². The summed E-state index contributed by atoms with van der Waals surface area (Å²) in [5.41, 5.74) is 1.15. The maximum Gasteiger partial charge on any atom is 0.273 e. The van der Waals surface area contributed by atoms with Crippen LogP contribution in [0.5, 0.6) is 0 Å². The maximum atomic E-state index is 10.8. The van der Waals surface area contributed by atoms with Crippen molar-refractivity contribution in [1.29, 1.82) is 0 Å². The summed E-state index contributed by atoms with van der Waals surface area (Å²) in [6.07, 6.45) is 1.59. The minimum absolute atomic E-state index is 0.00273. The minimum Gasteiger partial charge on any atom is -0.462 e. The van der Waals surface area contributed by atoms with Crippen molar-refractivity contribution >= 4 is 28.0 Å². The summed E-state index contributed by atoms with van der Waals surface area (Å²) in [7, 11) is 0. The third-order valence-electron chi connectivity index (χ3n) is 3.20. The lowest BCUT2D eigenvalue weighted by Gasteiger charge is -1.90. The Morgan fingerprint density at radius 2 is 2.09 bits per heavy atom. The molecule has 0 radical (unpaired) electrons. The summed E-state index contributed by atoms with van der Waals surface area (Å²) in [4.78, 5) is 14.8. The molecule has 4 rings (SSSR count). The van der Waals surface area contributed by atoms with Gasteiger partial charge < -0.3 is 8.83 Å². The highest BCUT2D eigenvalue weighted by atomic mass is 32.1. The van der Waals surface area contributed by atoms with Gasteiger partial charge in [0.2, 0.25) is 0 Å². The minimum atomic E-state index is -0.445. The molecule has 0 fully saturated rings. The number of nitro benzene ring substituents is 1. The number of hydrogen-bond acceptors (Lipinski definition) is 6. The fourth-order valence-corrected chi connectivity index (χ4v) is 2.94. The van der Waals surface area contributed by atoms with Crippen LogP contribution in [-0.4, -0.2) is 9.91 Å². The molecule has 3 aromatic heterocycles. The van der Waals surface area contributed by atoms with E-state index in [1.54, 1.807) is 18.4 Å². The second kappa shape index (κ2) is 4.81. The maximum absolute atomic E-state index is 10.8. The van der Waals surface area contributed by atoms with Gasteiger partial charge in [-0.2, -0.15) is 0 Å². The zero-order valence-corrected chi connectivity index (χ0v) is 11.9. The van der Waals surface area contributed by atoms with Crippen LogP contribution < -0.4 is 0 Å². The van der Waals surface area contributed by atoms with Crippen LogP contribution >= 0.6 is 11.3 Å². The smallest absolute Gasteiger partial charge is 0.273 e. The number of rotatable bonds is 3. The fourth-order valence-electron chi connectivity index (χ4n) is 2.16. The average molecular weight is 312 g/mol. The summed E-state index contributed by atoms with van der Waals surface area (Å²) in [6, 6.07) is 10.00. The lowest BCUT2D eigenvalue weighted by molar-refractivity contribution is -0.384. The zero-order chi connectivity index (χ0) is 15.1. The monoisotopic (exact) mass is 312 g/mol. The second-order valence-electron chi connectivity index (χ2n) is 4.61. The molecule has 0 aliphatic heterocycles. The van der Waals surface area contributed by atoms with Gasteiger partial charge in [-0.1, -0.05) is 0 Å². The number of thiazole rings is 1. The number of hydrogen-bond donors (Lipinski definition) is 0. The third-order valence-corrected chi connectivity index (χ3v) is 4.06. The van der Waals surface area contributed by atoms with Crippen LogP contribution in [0.3, 0.4) is 0 Å². The molecule has 4 aromatic rings. The first kappa shape index (κ1) is 12.8. The Morgan fingerprint density at radius 1 is 1.18 bits per heavy atom. The Kier molecular flexibility index (Phi) is 2.80. The van der Waals surface area contributed by atoms with E-state index in [4.69, 9.17) is 8.83 Å². The third kappa shape index (κ3) is 2.08. The van der Waals surface area contributed by atoms with Crippen LogP contribution in [0.15, 0.2) is 56.9 Å². The van der Waals surface area contributed by atoms with Crippen LogP contribution in [0.4, 0.5) is 5.69 Å². The molecule has 0 aliphatic rings. The van der Waals surface area contributed by atoms with E-state index in [-0.39, 0.29) is 5.69 Å². The first-order valence-electron chi connectivity index (χ1n) is 6.38. The molecule has 0 aliphatic carbocycles. The largest absolute Gasteiger partial charge is 0.462 e. The van der Waals surface area contributed by atoms with Gasteiger partial charge in [0.1, 0.15) is 11.3 Å². The van der Waals surface area contributed by atoms with E-state index >= 15 is 0 Å². The topological polar surface area (TPSA) is 82.3 Å². The highest BCUT2D eigenvalue weighted by Crippen LogP contribution is 2.33. The van der Waals surface area contributed by atoms with Crippen molar-refractivity contribution < 1.29 is 13.8 Å². The predicted octanol–water partition coefficient (Wildman–Crippen LogP) is 4.72. The molecule has 0 bridgehead atoms. The van der Waals surface area contributed by atoms with Crippen molar-refractivity contribution in [3.63, 3.8) is 0 Å². The molecule has 0 saturated heterocycles. The van der Waals surface area contributed by atoms with Gasteiger partial charge in [0.05, 0.1) is 17.3 Å². The lowest BCUT2D eigenvalue weighted by Crippen LogP contribution is -1.85. The fraction of sp³-hybridized carbons (Fsp3) is 0. The van der Waals surface area contributed by atoms with Gasteiger partial charge >= 0.3 is 0 Å². The molecular formula is C15H8N2O4S. The van der Waals surface area contributed by atoms with Gasteiger partial charge in [0, 0.05) is 16.8 Å². The molecule has 0 spiro atoms. The molecule has 0 N–H and O–H groups in total. The summed E-state index contributed by atoms with van der Waals surface area (Å²) < 4.78 is 11.0. The van der Waals surface area contributed by atoms with E-state index in [1.807, 2.05) is 17.5 Å². The Balaban J connectivity index is 1.76. The predicted molar refractivity (Wildman–Crippen MR) is 81.7 cm³/mol. The molecule has 0 unspecified atom stereocenters. The van der Waals surface area contributed by atoms with E-state index in [9.17, 15) is 10.1 Å². The Hall–Kier alpha value is -2.93. The van der Waals surface area contributed by atoms with Crippen molar-refractivity contribution in [3.05, 3.63) is 58.2 Å². The van der Waals surface area contributed by atoms with E-state index < -0.39 is 4.92 Å².